The summed E-state index contributed by atoms with van der Waals surface area (Å²) in [6, 6.07) is 0. The van der Waals surface area contributed by atoms with Crippen LogP contribution in [-0.2, 0) is 7.05 Å². The van der Waals surface area contributed by atoms with E-state index in [1.165, 1.54) is 4.68 Å². The summed E-state index contributed by atoms with van der Waals surface area (Å²) in [5.41, 5.74) is 5.83. The van der Waals surface area contributed by atoms with Crippen molar-refractivity contribution in [3.05, 3.63) is 27.2 Å². The third kappa shape index (κ3) is 4.82. The largest absolute Gasteiger partial charge is 0.407 e. The number of hydrogen-bond acceptors (Lipinski definition) is 4. The first-order valence-corrected chi connectivity index (χ1v) is 6.18. The van der Waals surface area contributed by atoms with E-state index >= 15 is 0 Å². The normalized spacial score (nSPS) is 15.2. The molecule has 0 saturated carbocycles. The Labute approximate surface area is 121 Å². The summed E-state index contributed by atoms with van der Waals surface area (Å²) in [7, 11) is 1.67. The highest BCUT2D eigenvalue weighted by atomic mass is 127. The van der Waals surface area contributed by atoms with E-state index in [1.54, 1.807) is 13.2 Å². The van der Waals surface area contributed by atoms with Gasteiger partial charge in [-0.3, -0.25) is 9.67 Å². The minimum Gasteiger partial charge on any atom is -0.404 e. The number of alkyl halides is 3. The summed E-state index contributed by atoms with van der Waals surface area (Å²) in [6.45, 7) is -1.32. The highest BCUT2D eigenvalue weighted by Gasteiger charge is 2.26. The maximum absolute atomic E-state index is 12.0. The Balaban J connectivity index is 2.84. The van der Waals surface area contributed by atoms with Crippen LogP contribution in [0.2, 0.25) is 0 Å². The monoisotopic (exact) mass is 388 g/mol. The molecule has 1 aromatic rings. The van der Waals surface area contributed by atoms with Gasteiger partial charge in [0.1, 0.15) is 16.3 Å². The Morgan fingerprint density at radius 3 is 2.74 bits per heavy atom. The second kappa shape index (κ2) is 6.37. The van der Waals surface area contributed by atoms with E-state index in [-0.39, 0.29) is 5.57 Å². The zero-order chi connectivity index (χ0) is 14.6. The second-order valence-electron chi connectivity index (χ2n) is 3.70. The van der Waals surface area contributed by atoms with E-state index in [0.717, 1.165) is 12.4 Å². The SMILES string of the molecule is Cn1cc(C(O)C(C=NCC(F)(F)F)=CN)c(I)n1. The van der Waals surface area contributed by atoms with Crippen LogP contribution in [0.3, 0.4) is 0 Å². The van der Waals surface area contributed by atoms with E-state index in [9.17, 15) is 18.3 Å². The number of aryl methyl sites for hydroxylation is 1. The lowest BCUT2D eigenvalue weighted by atomic mass is 10.1. The fraction of sp³-hybridized carbons (Fsp3) is 0.400. The molecular formula is C10H12F3IN4O. The van der Waals surface area contributed by atoms with E-state index in [2.05, 4.69) is 10.1 Å². The topological polar surface area (TPSA) is 76.4 Å². The minimum absolute atomic E-state index is 0.0789. The molecule has 0 aromatic carbocycles. The van der Waals surface area contributed by atoms with Crippen molar-refractivity contribution in [2.24, 2.45) is 17.8 Å². The molecule has 0 aliphatic heterocycles. The quantitative estimate of drug-likeness (QED) is 0.607. The molecular weight excluding hydrogens is 376 g/mol. The molecule has 3 N–H and O–H groups in total. The Morgan fingerprint density at radius 2 is 2.32 bits per heavy atom. The molecule has 0 aliphatic carbocycles. The second-order valence-corrected chi connectivity index (χ2v) is 4.72. The maximum Gasteiger partial charge on any atom is 0.407 e. The number of rotatable bonds is 4. The highest BCUT2D eigenvalue weighted by Crippen LogP contribution is 2.24. The highest BCUT2D eigenvalue weighted by molar-refractivity contribution is 14.1. The lowest BCUT2D eigenvalue weighted by Gasteiger charge is -2.09. The molecule has 1 heterocycles. The van der Waals surface area contributed by atoms with Gasteiger partial charge in [0, 0.05) is 36.8 Å². The molecule has 1 aromatic heterocycles. The third-order valence-corrected chi connectivity index (χ3v) is 2.96. The van der Waals surface area contributed by atoms with Crippen LogP contribution in [0.5, 0.6) is 0 Å². The van der Waals surface area contributed by atoms with Crippen LogP contribution in [0.25, 0.3) is 0 Å². The van der Waals surface area contributed by atoms with Crippen LogP contribution < -0.4 is 5.73 Å². The van der Waals surface area contributed by atoms with Gasteiger partial charge in [0.2, 0.25) is 0 Å². The molecule has 0 aliphatic rings. The van der Waals surface area contributed by atoms with Crippen LogP contribution in [0, 0.1) is 3.70 Å². The molecule has 0 saturated heterocycles. The molecule has 19 heavy (non-hydrogen) atoms. The first-order valence-electron chi connectivity index (χ1n) is 5.10. The van der Waals surface area contributed by atoms with Gasteiger partial charge in [-0.25, -0.2) is 0 Å². The standard InChI is InChI=1S/C10H12F3IN4O/c1-18-4-7(9(14)17-18)8(19)6(2-15)3-16-5-10(11,12)13/h2-4,8,19H,5,15H2,1H3. The zero-order valence-electron chi connectivity index (χ0n) is 9.89. The number of aromatic nitrogens is 2. The fourth-order valence-corrected chi connectivity index (χ4v) is 2.08. The van der Waals surface area contributed by atoms with Gasteiger partial charge in [-0.1, -0.05) is 0 Å². The lowest BCUT2D eigenvalue weighted by molar-refractivity contribution is -0.118. The molecule has 0 bridgehead atoms. The van der Waals surface area contributed by atoms with Crippen molar-refractivity contribution < 1.29 is 18.3 Å². The van der Waals surface area contributed by atoms with E-state index in [1.807, 2.05) is 22.6 Å². The van der Waals surface area contributed by atoms with E-state index < -0.39 is 18.8 Å². The first-order chi connectivity index (χ1) is 8.74. The maximum atomic E-state index is 12.0. The molecule has 5 nitrogen and oxygen atoms in total. The average molecular weight is 388 g/mol. The lowest BCUT2D eigenvalue weighted by Crippen LogP contribution is -2.13. The molecule has 1 rings (SSSR count). The van der Waals surface area contributed by atoms with Crippen molar-refractivity contribution in [1.82, 2.24) is 9.78 Å². The average Bonchev–Trinajstić information content (AvgIpc) is 2.62. The fourth-order valence-electron chi connectivity index (χ4n) is 1.30. The summed E-state index contributed by atoms with van der Waals surface area (Å²) < 4.78 is 37.9. The Bertz CT molecular complexity index is 495. The van der Waals surface area contributed by atoms with Gasteiger partial charge in [-0.2, -0.15) is 18.3 Å². The smallest absolute Gasteiger partial charge is 0.404 e. The molecule has 0 spiro atoms. The number of hydrogen-bond donors (Lipinski definition) is 2. The molecule has 106 valence electrons. The van der Waals surface area contributed by atoms with Crippen molar-refractivity contribution in [3.63, 3.8) is 0 Å². The van der Waals surface area contributed by atoms with Crippen molar-refractivity contribution in [3.8, 4) is 0 Å². The molecule has 1 atom stereocenters. The van der Waals surface area contributed by atoms with Gasteiger partial charge >= 0.3 is 6.18 Å². The van der Waals surface area contributed by atoms with E-state index in [4.69, 9.17) is 5.73 Å². The molecule has 1 unspecified atom stereocenters. The van der Waals surface area contributed by atoms with E-state index in [0.29, 0.717) is 9.26 Å². The van der Waals surface area contributed by atoms with Crippen LogP contribution in [0.4, 0.5) is 13.2 Å². The predicted octanol–water partition coefficient (Wildman–Crippen LogP) is 1.53. The number of aliphatic hydroxyl groups excluding tert-OH is 1. The van der Waals surface area contributed by atoms with Crippen molar-refractivity contribution in [2.75, 3.05) is 6.54 Å². The van der Waals surface area contributed by atoms with Gasteiger partial charge in [0.25, 0.3) is 0 Å². The van der Waals surface area contributed by atoms with Crippen molar-refractivity contribution in [1.29, 1.82) is 0 Å². The molecule has 9 heteroatoms. The van der Waals surface area contributed by atoms with Crippen molar-refractivity contribution >= 4 is 28.8 Å². The summed E-state index contributed by atoms with van der Waals surface area (Å²) >= 11 is 1.91. The Hall–Kier alpha value is -1.10. The molecule has 0 fully saturated rings. The van der Waals surface area contributed by atoms with Crippen LogP contribution in [0.15, 0.2) is 23.0 Å². The number of nitrogens with zero attached hydrogens (tertiary/aromatic N) is 3. The van der Waals surface area contributed by atoms with Gasteiger partial charge in [-0.15, -0.1) is 0 Å². The van der Waals surface area contributed by atoms with Gasteiger partial charge in [-0.05, 0) is 22.6 Å². The van der Waals surface area contributed by atoms with Crippen molar-refractivity contribution in [2.45, 2.75) is 12.3 Å². The zero-order valence-corrected chi connectivity index (χ0v) is 12.1. The Morgan fingerprint density at radius 1 is 1.68 bits per heavy atom. The number of aliphatic imine (C=N–C) groups is 1. The van der Waals surface area contributed by atoms with Crippen LogP contribution >= 0.6 is 22.6 Å². The van der Waals surface area contributed by atoms with Crippen LogP contribution in [-0.4, -0.2) is 33.8 Å². The Kier molecular flexibility index (Phi) is 5.35. The summed E-state index contributed by atoms with van der Waals surface area (Å²) in [4.78, 5) is 3.21. The molecule has 0 radical (unpaired) electrons. The summed E-state index contributed by atoms with van der Waals surface area (Å²) in [5.74, 6) is 0. The number of halogens is 4. The summed E-state index contributed by atoms with van der Waals surface area (Å²) in [6.07, 6.45) is -2.05. The van der Waals surface area contributed by atoms with Gasteiger partial charge < -0.3 is 10.8 Å². The van der Waals surface area contributed by atoms with Gasteiger partial charge in [0.15, 0.2) is 0 Å². The third-order valence-electron chi connectivity index (χ3n) is 2.12. The molecule has 0 amide bonds. The minimum atomic E-state index is -4.39. The van der Waals surface area contributed by atoms with Gasteiger partial charge in [0.05, 0.1) is 0 Å². The predicted molar refractivity (Wildman–Crippen MR) is 72.6 cm³/mol. The summed E-state index contributed by atoms with van der Waals surface area (Å²) in [5, 5.41) is 14.0. The number of nitrogens with two attached hydrogens (primary N) is 1. The number of aliphatic hydroxyl groups is 1. The van der Waals surface area contributed by atoms with Crippen LogP contribution in [0.1, 0.15) is 11.7 Å². The first kappa shape index (κ1) is 16.0.